The average molecular weight is 246 g/mol. The van der Waals surface area contributed by atoms with Gasteiger partial charge >= 0.3 is 0 Å². The fraction of sp³-hybridized carbons (Fsp3) is 0.125. The number of rotatable bonds is 0. The molecule has 62 valence electrons. The molecule has 4 heteroatoms. The SMILES string of the molecule is O=C1NCc2c(Br)ccc(Cl)c21. The molecule has 1 aromatic carbocycles. The van der Waals surface area contributed by atoms with Crippen LogP contribution in [0.3, 0.4) is 0 Å². The fourth-order valence-corrected chi connectivity index (χ4v) is 2.00. The minimum absolute atomic E-state index is 0.0868. The molecule has 0 aromatic heterocycles. The lowest BCUT2D eigenvalue weighted by molar-refractivity contribution is 0.0966. The second-order valence-electron chi connectivity index (χ2n) is 2.57. The number of carbonyl (C=O) groups is 1. The number of amides is 1. The van der Waals surface area contributed by atoms with Crippen LogP contribution in [-0.2, 0) is 6.54 Å². The monoisotopic (exact) mass is 245 g/mol. The number of nitrogens with one attached hydrogen (secondary N) is 1. The number of benzene rings is 1. The Morgan fingerprint density at radius 3 is 2.92 bits per heavy atom. The molecule has 1 amide bonds. The second kappa shape index (κ2) is 2.75. The molecule has 0 saturated heterocycles. The van der Waals surface area contributed by atoms with Crippen molar-refractivity contribution < 1.29 is 4.79 Å². The number of hydrogen-bond acceptors (Lipinski definition) is 1. The number of carbonyl (C=O) groups excluding carboxylic acids is 1. The van der Waals surface area contributed by atoms with Gasteiger partial charge in [0.1, 0.15) is 0 Å². The fourth-order valence-electron chi connectivity index (χ4n) is 1.27. The van der Waals surface area contributed by atoms with Crippen LogP contribution in [-0.4, -0.2) is 5.91 Å². The van der Waals surface area contributed by atoms with E-state index >= 15 is 0 Å². The number of hydrogen-bond donors (Lipinski definition) is 1. The molecule has 2 nitrogen and oxygen atoms in total. The summed E-state index contributed by atoms with van der Waals surface area (Å²) in [5.74, 6) is -0.0868. The summed E-state index contributed by atoms with van der Waals surface area (Å²) in [6.07, 6.45) is 0. The van der Waals surface area contributed by atoms with E-state index in [2.05, 4.69) is 21.2 Å². The van der Waals surface area contributed by atoms with Crippen molar-refractivity contribution >= 4 is 33.4 Å². The summed E-state index contributed by atoms with van der Waals surface area (Å²) in [6, 6.07) is 3.57. The van der Waals surface area contributed by atoms with Gasteiger partial charge in [0.2, 0.25) is 0 Å². The van der Waals surface area contributed by atoms with Gasteiger partial charge in [-0.25, -0.2) is 0 Å². The van der Waals surface area contributed by atoms with Crippen molar-refractivity contribution in [3.05, 3.63) is 32.8 Å². The zero-order valence-corrected chi connectivity index (χ0v) is 8.37. The molecule has 1 N–H and O–H groups in total. The Labute approximate surface area is 83.0 Å². The lowest BCUT2D eigenvalue weighted by atomic mass is 10.1. The summed E-state index contributed by atoms with van der Waals surface area (Å²) in [7, 11) is 0. The van der Waals surface area contributed by atoms with E-state index in [0.717, 1.165) is 10.0 Å². The molecule has 1 heterocycles. The van der Waals surface area contributed by atoms with Crippen LogP contribution >= 0.6 is 27.5 Å². The molecule has 0 bridgehead atoms. The van der Waals surface area contributed by atoms with Crippen molar-refractivity contribution in [1.29, 1.82) is 0 Å². The summed E-state index contributed by atoms with van der Waals surface area (Å²) in [4.78, 5) is 11.2. The zero-order valence-electron chi connectivity index (χ0n) is 6.03. The van der Waals surface area contributed by atoms with Crippen LogP contribution in [0.1, 0.15) is 15.9 Å². The van der Waals surface area contributed by atoms with Gasteiger partial charge in [0.25, 0.3) is 5.91 Å². The van der Waals surface area contributed by atoms with Gasteiger partial charge in [-0.1, -0.05) is 27.5 Å². The maximum atomic E-state index is 11.2. The highest BCUT2D eigenvalue weighted by molar-refractivity contribution is 9.10. The van der Waals surface area contributed by atoms with Gasteiger partial charge in [0, 0.05) is 11.0 Å². The Morgan fingerprint density at radius 1 is 1.50 bits per heavy atom. The van der Waals surface area contributed by atoms with E-state index < -0.39 is 0 Å². The minimum atomic E-state index is -0.0868. The molecule has 0 atom stereocenters. The molecular weight excluding hydrogens is 241 g/mol. The first-order chi connectivity index (χ1) is 5.70. The van der Waals surface area contributed by atoms with E-state index in [1.54, 1.807) is 6.07 Å². The van der Waals surface area contributed by atoms with Crippen LogP contribution in [0.4, 0.5) is 0 Å². The zero-order chi connectivity index (χ0) is 8.72. The molecule has 12 heavy (non-hydrogen) atoms. The Balaban J connectivity index is 2.72. The van der Waals surface area contributed by atoms with Gasteiger partial charge in [0.05, 0.1) is 10.6 Å². The molecule has 1 aromatic rings. The summed E-state index contributed by atoms with van der Waals surface area (Å²) < 4.78 is 0.931. The van der Waals surface area contributed by atoms with Gasteiger partial charge in [-0.2, -0.15) is 0 Å². The lowest BCUT2D eigenvalue weighted by Crippen LogP contribution is -2.12. The van der Waals surface area contributed by atoms with Gasteiger partial charge in [0.15, 0.2) is 0 Å². The Kier molecular flexibility index (Phi) is 1.85. The lowest BCUT2D eigenvalue weighted by Gasteiger charge is -2.00. The standard InChI is InChI=1S/C8H5BrClNO/c9-5-1-2-6(10)7-4(5)3-11-8(7)12/h1-2H,3H2,(H,11,12). The van der Waals surface area contributed by atoms with E-state index in [1.807, 2.05) is 6.07 Å². The van der Waals surface area contributed by atoms with E-state index in [1.165, 1.54) is 0 Å². The first-order valence-electron chi connectivity index (χ1n) is 3.45. The smallest absolute Gasteiger partial charge is 0.253 e. The van der Waals surface area contributed by atoms with Crippen molar-refractivity contribution in [2.45, 2.75) is 6.54 Å². The highest BCUT2D eigenvalue weighted by Gasteiger charge is 2.23. The van der Waals surface area contributed by atoms with Crippen molar-refractivity contribution in [3.63, 3.8) is 0 Å². The largest absolute Gasteiger partial charge is 0.348 e. The van der Waals surface area contributed by atoms with Crippen LogP contribution in [0.2, 0.25) is 5.02 Å². The first-order valence-corrected chi connectivity index (χ1v) is 4.62. The summed E-state index contributed by atoms with van der Waals surface area (Å²) in [5, 5.41) is 3.23. The normalized spacial score (nSPS) is 14.3. The van der Waals surface area contributed by atoms with Gasteiger partial charge in [-0.05, 0) is 17.7 Å². The molecule has 0 aliphatic carbocycles. The maximum Gasteiger partial charge on any atom is 0.253 e. The van der Waals surface area contributed by atoms with Crippen molar-refractivity contribution in [3.8, 4) is 0 Å². The van der Waals surface area contributed by atoms with Crippen LogP contribution < -0.4 is 5.32 Å². The third-order valence-electron chi connectivity index (χ3n) is 1.86. The van der Waals surface area contributed by atoms with E-state index in [-0.39, 0.29) is 5.91 Å². The topological polar surface area (TPSA) is 29.1 Å². The Hall–Kier alpha value is -0.540. The second-order valence-corrected chi connectivity index (χ2v) is 3.83. The predicted molar refractivity (Wildman–Crippen MR) is 50.3 cm³/mol. The molecule has 1 aliphatic rings. The van der Waals surface area contributed by atoms with E-state index in [4.69, 9.17) is 11.6 Å². The quantitative estimate of drug-likeness (QED) is 0.748. The average Bonchev–Trinajstić information content (AvgIpc) is 2.42. The van der Waals surface area contributed by atoms with E-state index in [9.17, 15) is 4.79 Å². The van der Waals surface area contributed by atoms with Gasteiger partial charge < -0.3 is 5.32 Å². The minimum Gasteiger partial charge on any atom is -0.348 e. The Morgan fingerprint density at radius 2 is 2.25 bits per heavy atom. The van der Waals surface area contributed by atoms with Gasteiger partial charge in [-0.15, -0.1) is 0 Å². The van der Waals surface area contributed by atoms with Crippen molar-refractivity contribution in [2.24, 2.45) is 0 Å². The number of halogens is 2. The molecule has 0 fully saturated rings. The van der Waals surface area contributed by atoms with Gasteiger partial charge in [-0.3, -0.25) is 4.79 Å². The van der Waals surface area contributed by atoms with Crippen LogP contribution in [0.15, 0.2) is 16.6 Å². The van der Waals surface area contributed by atoms with Crippen molar-refractivity contribution in [1.82, 2.24) is 5.32 Å². The van der Waals surface area contributed by atoms with Crippen LogP contribution in [0.5, 0.6) is 0 Å². The molecule has 0 unspecified atom stereocenters. The highest BCUT2D eigenvalue weighted by Crippen LogP contribution is 2.30. The summed E-state index contributed by atoms with van der Waals surface area (Å²) in [6.45, 7) is 0.565. The molecule has 2 rings (SSSR count). The molecule has 0 spiro atoms. The maximum absolute atomic E-state index is 11.2. The van der Waals surface area contributed by atoms with E-state index in [0.29, 0.717) is 17.1 Å². The molecule has 1 aliphatic heterocycles. The van der Waals surface area contributed by atoms with Crippen LogP contribution in [0, 0.1) is 0 Å². The first kappa shape index (κ1) is 8.08. The third kappa shape index (κ3) is 1.04. The molecular formula is C8H5BrClNO. The Bertz CT molecular complexity index is 364. The summed E-state index contributed by atoms with van der Waals surface area (Å²) in [5.41, 5.74) is 1.55. The van der Waals surface area contributed by atoms with Crippen molar-refractivity contribution in [2.75, 3.05) is 0 Å². The van der Waals surface area contributed by atoms with Crippen LogP contribution in [0.25, 0.3) is 0 Å². The number of fused-ring (bicyclic) bond motifs is 1. The summed E-state index contributed by atoms with van der Waals surface area (Å²) >= 11 is 9.21. The third-order valence-corrected chi connectivity index (χ3v) is 2.92. The molecule has 0 radical (unpaired) electrons. The predicted octanol–water partition coefficient (Wildman–Crippen LogP) is 2.35. The molecule has 0 saturated carbocycles. The highest BCUT2D eigenvalue weighted by atomic mass is 79.9.